The number of benzene rings is 1. The van der Waals surface area contributed by atoms with Gasteiger partial charge in [-0.1, -0.05) is 27.2 Å². The van der Waals surface area contributed by atoms with Crippen molar-refractivity contribution < 1.29 is 67.4 Å². The van der Waals surface area contributed by atoms with Gasteiger partial charge in [-0.05, 0) is 65.3 Å². The summed E-state index contributed by atoms with van der Waals surface area (Å²) in [5.74, 6) is -4.27. The molecule has 0 saturated carbocycles. The molecular formula is C35H58O14S. The number of carbonyl (C=O) groups excluding carboxylic acids is 4. The Hall–Kier alpha value is -3.69. The van der Waals surface area contributed by atoms with Gasteiger partial charge in [-0.3, -0.25) is 9.59 Å². The van der Waals surface area contributed by atoms with E-state index in [-0.39, 0.29) is 28.9 Å². The third-order valence-electron chi connectivity index (χ3n) is 7.26. The highest BCUT2D eigenvalue weighted by atomic mass is 32.2. The molecule has 0 amide bonds. The third kappa shape index (κ3) is 19.5. The number of esters is 4. The molecule has 15 heteroatoms. The van der Waals surface area contributed by atoms with E-state index in [1.165, 1.54) is 7.11 Å². The second-order valence-electron chi connectivity index (χ2n) is 11.8. The first-order chi connectivity index (χ1) is 23.3. The van der Waals surface area contributed by atoms with E-state index >= 15 is 0 Å². The van der Waals surface area contributed by atoms with Crippen LogP contribution in [0.1, 0.15) is 116 Å². The Kier molecular flexibility index (Phi) is 27.5. The summed E-state index contributed by atoms with van der Waals surface area (Å²) in [7, 11) is 6.86. The predicted octanol–water partition coefficient (Wildman–Crippen LogP) is 6.03. The predicted molar refractivity (Wildman–Crippen MR) is 190 cm³/mol. The topological polar surface area (TPSA) is 198 Å². The number of carboxylic acids is 2. The van der Waals surface area contributed by atoms with Crippen molar-refractivity contribution in [3.8, 4) is 0 Å². The Bertz CT molecular complexity index is 1150. The summed E-state index contributed by atoms with van der Waals surface area (Å²) in [4.78, 5) is 67.3. The van der Waals surface area contributed by atoms with Crippen LogP contribution in [-0.2, 0) is 38.0 Å². The van der Waals surface area contributed by atoms with E-state index in [4.69, 9.17) is 24.4 Å². The average molecular weight is 735 g/mol. The van der Waals surface area contributed by atoms with Crippen LogP contribution in [0.3, 0.4) is 0 Å². The molecule has 0 heterocycles. The van der Waals surface area contributed by atoms with Crippen LogP contribution in [0.5, 0.6) is 0 Å². The molecule has 2 N–H and O–H groups in total. The average Bonchev–Trinajstić information content (AvgIpc) is 3.10. The molecule has 1 atom stereocenters. The number of thioether (sulfide) groups is 1. The highest BCUT2D eigenvalue weighted by molar-refractivity contribution is 7.98. The highest BCUT2D eigenvalue weighted by Gasteiger charge is 2.28. The molecule has 0 radical (unpaired) electrons. The maximum atomic E-state index is 11.5. The Morgan fingerprint density at radius 1 is 0.700 bits per heavy atom. The fourth-order valence-corrected chi connectivity index (χ4v) is 3.74. The summed E-state index contributed by atoms with van der Waals surface area (Å²) in [6.07, 6.45) is 6.00. The SMILES string of the molecule is CCC(C)(C)C(=O)OC.CCCCOC(=O)C(C)(C)CC.COC(=O)c1cc(C(=O)OC)c(C(=O)O)cc1C(=O)O.COCC(CSC)OC. The first-order valence-electron chi connectivity index (χ1n) is 15.8. The molecule has 0 spiro atoms. The van der Waals surface area contributed by atoms with Gasteiger partial charge in [-0.15, -0.1) is 0 Å². The lowest BCUT2D eigenvalue weighted by molar-refractivity contribution is -0.154. The van der Waals surface area contributed by atoms with E-state index in [0.29, 0.717) is 19.3 Å². The minimum atomic E-state index is -1.52. The zero-order chi connectivity index (χ0) is 39.7. The molecular weight excluding hydrogens is 676 g/mol. The van der Waals surface area contributed by atoms with Crippen LogP contribution < -0.4 is 0 Å². The van der Waals surface area contributed by atoms with Gasteiger partial charge in [0.25, 0.3) is 0 Å². The molecule has 0 aliphatic rings. The second-order valence-corrected chi connectivity index (χ2v) is 12.7. The van der Waals surface area contributed by atoms with Gasteiger partial charge in [0.15, 0.2) is 0 Å². The molecule has 1 aromatic rings. The zero-order valence-electron chi connectivity index (χ0n) is 31.9. The van der Waals surface area contributed by atoms with E-state index in [0.717, 1.165) is 51.7 Å². The Morgan fingerprint density at radius 3 is 1.40 bits per heavy atom. The molecule has 1 rings (SSSR count). The van der Waals surface area contributed by atoms with Crippen molar-refractivity contribution in [2.24, 2.45) is 10.8 Å². The molecule has 288 valence electrons. The van der Waals surface area contributed by atoms with E-state index in [1.54, 1.807) is 26.0 Å². The quantitative estimate of drug-likeness (QED) is 0.113. The standard InChI is InChI=1S/C12H10O8.C10H20O2.C7H14O2.C6H14O2S/c1-19-11(17)7-4-8(12(18)20-2)6(10(15)16)3-5(7)9(13)14;1-5-7-8-12-9(11)10(3,4)6-2;1-5-7(2,3)6(8)9-4;1-7-4-6(8-2)5-9-3/h3-4H,1-2H3,(H,13,14)(H,15,16);5-8H2,1-4H3;5H2,1-4H3;6H,4-5H2,1-3H3. The summed E-state index contributed by atoms with van der Waals surface area (Å²) < 4.78 is 28.4. The smallest absolute Gasteiger partial charge is 0.338 e. The molecule has 1 aromatic carbocycles. The maximum absolute atomic E-state index is 11.5. The molecule has 0 bridgehead atoms. The Morgan fingerprint density at radius 2 is 1.12 bits per heavy atom. The van der Waals surface area contributed by atoms with E-state index in [2.05, 4.69) is 27.4 Å². The summed E-state index contributed by atoms with van der Waals surface area (Å²) in [6, 6.07) is 1.54. The van der Waals surface area contributed by atoms with Gasteiger partial charge in [0.05, 0.1) is 73.7 Å². The van der Waals surface area contributed by atoms with Gasteiger partial charge in [0, 0.05) is 20.0 Å². The number of unbranched alkanes of at least 4 members (excludes halogenated alkanes) is 1. The van der Waals surface area contributed by atoms with E-state index in [9.17, 15) is 28.8 Å². The summed E-state index contributed by atoms with van der Waals surface area (Å²) in [5, 5.41) is 18.0. The Labute approximate surface area is 300 Å². The van der Waals surface area contributed by atoms with Crippen molar-refractivity contribution in [3.05, 3.63) is 34.4 Å². The van der Waals surface area contributed by atoms with Gasteiger partial charge < -0.3 is 38.6 Å². The van der Waals surface area contributed by atoms with Crippen LogP contribution in [0.15, 0.2) is 12.1 Å². The minimum Gasteiger partial charge on any atom is -0.478 e. The number of aromatic carboxylic acids is 2. The molecule has 0 aromatic heterocycles. The number of carbonyl (C=O) groups is 6. The summed E-state index contributed by atoms with van der Waals surface area (Å²) >= 11 is 1.77. The van der Waals surface area contributed by atoms with Gasteiger partial charge >= 0.3 is 35.8 Å². The number of ether oxygens (including phenoxy) is 6. The molecule has 0 saturated heterocycles. The molecule has 14 nitrogen and oxygen atoms in total. The molecule has 1 unspecified atom stereocenters. The van der Waals surface area contributed by atoms with Gasteiger partial charge in [0.1, 0.15) is 0 Å². The monoisotopic (exact) mass is 734 g/mol. The molecule has 0 aliphatic carbocycles. The number of carboxylic acid groups (broad SMARTS) is 2. The highest BCUT2D eigenvalue weighted by Crippen LogP contribution is 2.22. The maximum Gasteiger partial charge on any atom is 0.338 e. The largest absolute Gasteiger partial charge is 0.478 e. The van der Waals surface area contributed by atoms with Gasteiger partial charge in [0.2, 0.25) is 0 Å². The van der Waals surface area contributed by atoms with Crippen molar-refractivity contribution in [1.82, 2.24) is 0 Å². The van der Waals surface area contributed by atoms with Crippen molar-refractivity contribution in [2.75, 3.05) is 60.8 Å². The lowest BCUT2D eigenvalue weighted by Crippen LogP contribution is -2.26. The number of hydrogen-bond acceptors (Lipinski definition) is 13. The summed E-state index contributed by atoms with van der Waals surface area (Å²) in [6.45, 7) is 14.9. The van der Waals surface area contributed by atoms with Gasteiger partial charge in [-0.25, -0.2) is 19.2 Å². The van der Waals surface area contributed by atoms with Crippen LogP contribution in [0.2, 0.25) is 0 Å². The van der Waals surface area contributed by atoms with E-state index in [1.807, 2.05) is 41.5 Å². The first-order valence-corrected chi connectivity index (χ1v) is 17.2. The third-order valence-corrected chi connectivity index (χ3v) is 7.96. The first kappa shape index (κ1) is 50.7. The van der Waals surface area contributed by atoms with Crippen LogP contribution in [0.25, 0.3) is 0 Å². The lowest BCUT2D eigenvalue weighted by atomic mass is 9.91. The number of hydrogen-bond donors (Lipinski definition) is 2. The fourth-order valence-electron chi connectivity index (χ4n) is 3.14. The normalized spacial score (nSPS) is 11.1. The van der Waals surface area contributed by atoms with Crippen molar-refractivity contribution in [2.45, 2.75) is 80.3 Å². The van der Waals surface area contributed by atoms with Crippen LogP contribution in [0, 0.1) is 10.8 Å². The van der Waals surface area contributed by atoms with Crippen molar-refractivity contribution in [3.63, 3.8) is 0 Å². The van der Waals surface area contributed by atoms with Crippen LogP contribution in [-0.4, -0.2) is 113 Å². The minimum absolute atomic E-state index is 0.0709. The molecule has 0 fully saturated rings. The molecule has 0 aliphatic heterocycles. The van der Waals surface area contributed by atoms with Crippen molar-refractivity contribution >= 4 is 47.6 Å². The van der Waals surface area contributed by atoms with Crippen LogP contribution >= 0.6 is 11.8 Å². The second kappa shape index (κ2) is 27.1. The fraction of sp³-hybridized carbons (Fsp3) is 0.657. The van der Waals surface area contributed by atoms with E-state index < -0.39 is 46.1 Å². The Balaban J connectivity index is -0.000000633. The molecule has 50 heavy (non-hydrogen) atoms. The summed E-state index contributed by atoms with van der Waals surface area (Å²) in [5.41, 5.74) is -2.66. The van der Waals surface area contributed by atoms with Crippen LogP contribution in [0.4, 0.5) is 0 Å². The van der Waals surface area contributed by atoms with Crippen molar-refractivity contribution in [1.29, 1.82) is 0 Å². The number of methoxy groups -OCH3 is 5. The number of rotatable bonds is 16. The van der Waals surface area contributed by atoms with Gasteiger partial charge in [-0.2, -0.15) is 11.8 Å². The zero-order valence-corrected chi connectivity index (χ0v) is 32.7. The lowest BCUT2D eigenvalue weighted by Gasteiger charge is -2.19.